The fraction of sp³-hybridized carbons (Fsp3) is 0.435. The van der Waals surface area contributed by atoms with Crippen LogP contribution in [-0.2, 0) is 22.4 Å². The molecule has 2 heterocycles. The number of rotatable bonds is 5. The molecule has 2 aliphatic carbocycles. The van der Waals surface area contributed by atoms with E-state index in [0.717, 1.165) is 41.7 Å². The zero-order chi connectivity index (χ0) is 21.8. The molecule has 0 bridgehead atoms. The molecule has 0 spiro atoms. The van der Waals surface area contributed by atoms with Gasteiger partial charge in [0.05, 0.1) is 18.1 Å². The Labute approximate surface area is 185 Å². The van der Waals surface area contributed by atoms with E-state index in [1.54, 1.807) is 23.3 Å². The summed E-state index contributed by atoms with van der Waals surface area (Å²) in [7, 11) is 1.82. The summed E-state index contributed by atoms with van der Waals surface area (Å²) in [4.78, 5) is 27.6. The van der Waals surface area contributed by atoms with E-state index >= 15 is 0 Å². The summed E-state index contributed by atoms with van der Waals surface area (Å²) in [5.74, 6) is -0.308. The minimum Gasteiger partial charge on any atom is -0.472 e. The molecule has 1 saturated carbocycles. The first-order chi connectivity index (χ1) is 15.0. The number of nitriles is 1. The van der Waals surface area contributed by atoms with Gasteiger partial charge in [-0.2, -0.15) is 5.26 Å². The van der Waals surface area contributed by atoms with Gasteiger partial charge in [-0.1, -0.05) is 12.8 Å². The highest BCUT2D eigenvalue weighted by atomic mass is 32.1. The molecule has 4 rings (SSSR count). The van der Waals surface area contributed by atoms with Gasteiger partial charge in [0, 0.05) is 36.0 Å². The van der Waals surface area contributed by atoms with Gasteiger partial charge < -0.3 is 19.4 Å². The molecule has 0 saturated heterocycles. The maximum absolute atomic E-state index is 12.5. The number of fused-ring (bicyclic) bond motifs is 1. The summed E-state index contributed by atoms with van der Waals surface area (Å²) in [5, 5.41) is 13.0. The fourth-order valence-corrected chi connectivity index (χ4v) is 5.49. The van der Waals surface area contributed by atoms with E-state index in [1.807, 2.05) is 7.05 Å². The van der Waals surface area contributed by atoms with Gasteiger partial charge in [-0.25, -0.2) is 4.79 Å². The quantitative estimate of drug-likeness (QED) is 0.680. The Kier molecular flexibility index (Phi) is 6.42. The van der Waals surface area contributed by atoms with Gasteiger partial charge in [0.2, 0.25) is 5.91 Å². The molecule has 0 aromatic carbocycles. The van der Waals surface area contributed by atoms with Crippen molar-refractivity contribution in [1.29, 1.82) is 5.26 Å². The molecular formula is C23H25N3O4S. The van der Waals surface area contributed by atoms with Crippen molar-refractivity contribution in [2.45, 2.75) is 57.1 Å². The fourth-order valence-electron chi connectivity index (χ4n) is 4.22. The number of anilines is 1. The minimum absolute atomic E-state index is 0.210. The molecule has 31 heavy (non-hydrogen) atoms. The number of hydrogen-bond donors (Lipinski definition) is 1. The van der Waals surface area contributed by atoms with Crippen LogP contribution in [-0.4, -0.2) is 36.1 Å². The summed E-state index contributed by atoms with van der Waals surface area (Å²) in [5.41, 5.74) is 2.25. The zero-order valence-corrected chi connectivity index (χ0v) is 18.2. The van der Waals surface area contributed by atoms with Gasteiger partial charge in [-0.3, -0.25) is 4.79 Å². The summed E-state index contributed by atoms with van der Waals surface area (Å²) >= 11 is 1.39. The molecule has 1 atom stereocenters. The average molecular weight is 440 g/mol. The summed E-state index contributed by atoms with van der Waals surface area (Å²) in [6.45, 7) is 0. The van der Waals surface area contributed by atoms with Gasteiger partial charge in [-0.15, -0.1) is 11.3 Å². The Hall–Kier alpha value is -3.05. The van der Waals surface area contributed by atoms with E-state index in [1.165, 1.54) is 23.7 Å². The number of carbonyl (C=O) groups is 2. The molecule has 2 aromatic heterocycles. The van der Waals surface area contributed by atoms with E-state index in [-0.39, 0.29) is 24.1 Å². The molecule has 0 radical (unpaired) electrons. The SMILES string of the molecule is CN(C(=O)OC1CCc2c(sc(NC(=O)/C=C/c3ccoc3)c2C#N)C1)C1CCCC1. The lowest BCUT2D eigenvalue weighted by Crippen LogP contribution is -2.38. The van der Waals surface area contributed by atoms with E-state index in [4.69, 9.17) is 9.15 Å². The molecule has 1 fully saturated rings. The van der Waals surface area contributed by atoms with Gasteiger partial charge >= 0.3 is 6.09 Å². The number of nitrogens with one attached hydrogen (secondary N) is 1. The number of carbonyl (C=O) groups excluding carboxylic acids is 2. The Balaban J connectivity index is 1.40. The first kappa shape index (κ1) is 21.2. The van der Waals surface area contributed by atoms with E-state index < -0.39 is 0 Å². The summed E-state index contributed by atoms with van der Waals surface area (Å²) in [6, 6.07) is 4.25. The third kappa shape index (κ3) is 4.83. The van der Waals surface area contributed by atoms with E-state index in [9.17, 15) is 14.9 Å². The molecule has 0 aliphatic heterocycles. The van der Waals surface area contributed by atoms with E-state index in [0.29, 0.717) is 29.8 Å². The second-order valence-corrected chi connectivity index (χ2v) is 9.10. The second-order valence-electron chi connectivity index (χ2n) is 8.00. The minimum atomic E-state index is -0.308. The normalized spacial score (nSPS) is 18.5. The summed E-state index contributed by atoms with van der Waals surface area (Å²) in [6.07, 6.45) is 11.9. The van der Waals surface area contributed by atoms with Crippen molar-refractivity contribution in [3.05, 3.63) is 46.2 Å². The molecule has 7 nitrogen and oxygen atoms in total. The molecule has 2 aromatic rings. The average Bonchev–Trinajstić information content (AvgIpc) is 3.52. The first-order valence-corrected chi connectivity index (χ1v) is 11.4. The van der Waals surface area contributed by atoms with Crippen LogP contribution in [0.25, 0.3) is 6.08 Å². The highest BCUT2D eigenvalue weighted by Crippen LogP contribution is 2.38. The standard InChI is InChI=1S/C23H25N3O4S/c1-26(16-4-2-3-5-16)23(28)30-17-7-8-18-19(13-24)22(31-20(18)12-17)25-21(27)9-6-15-10-11-29-14-15/h6,9-11,14,16-17H,2-5,7-8,12H2,1H3,(H,25,27)/b9-6+. The van der Waals surface area contributed by atoms with Crippen molar-refractivity contribution in [1.82, 2.24) is 4.90 Å². The first-order valence-electron chi connectivity index (χ1n) is 10.5. The van der Waals surface area contributed by atoms with Crippen LogP contribution in [0.3, 0.4) is 0 Å². The second kappa shape index (κ2) is 9.40. The van der Waals surface area contributed by atoms with Crippen LogP contribution in [0.5, 0.6) is 0 Å². The third-order valence-electron chi connectivity index (χ3n) is 5.97. The van der Waals surface area contributed by atoms with Crippen molar-refractivity contribution in [2.24, 2.45) is 0 Å². The van der Waals surface area contributed by atoms with Crippen molar-refractivity contribution >= 4 is 34.4 Å². The lowest BCUT2D eigenvalue weighted by atomic mass is 9.94. The van der Waals surface area contributed by atoms with Crippen LogP contribution in [0, 0.1) is 11.3 Å². The number of nitrogens with zero attached hydrogens (tertiary/aromatic N) is 2. The van der Waals surface area contributed by atoms with Crippen molar-refractivity contribution < 1.29 is 18.7 Å². The van der Waals surface area contributed by atoms with Gasteiger partial charge in [0.1, 0.15) is 17.2 Å². The Morgan fingerprint density at radius 1 is 1.35 bits per heavy atom. The smallest absolute Gasteiger partial charge is 0.410 e. The lowest BCUT2D eigenvalue weighted by Gasteiger charge is -2.28. The predicted octanol–water partition coefficient (Wildman–Crippen LogP) is 4.73. The van der Waals surface area contributed by atoms with Gasteiger partial charge in [0.25, 0.3) is 0 Å². The molecule has 2 aliphatic rings. The van der Waals surface area contributed by atoms with Gasteiger partial charge in [0.15, 0.2) is 0 Å². The van der Waals surface area contributed by atoms with Crippen molar-refractivity contribution in [2.75, 3.05) is 12.4 Å². The maximum Gasteiger partial charge on any atom is 0.410 e. The maximum atomic E-state index is 12.5. The van der Waals surface area contributed by atoms with Crippen LogP contribution >= 0.6 is 11.3 Å². The third-order valence-corrected chi connectivity index (χ3v) is 7.14. The number of furan rings is 1. The largest absolute Gasteiger partial charge is 0.472 e. The molecule has 8 heteroatoms. The molecular weight excluding hydrogens is 414 g/mol. The van der Waals surface area contributed by atoms with Crippen LogP contribution in [0.4, 0.5) is 9.80 Å². The van der Waals surface area contributed by atoms with Crippen molar-refractivity contribution in [3.63, 3.8) is 0 Å². The molecule has 162 valence electrons. The summed E-state index contributed by atoms with van der Waals surface area (Å²) < 4.78 is 10.7. The highest BCUT2D eigenvalue weighted by Gasteiger charge is 2.31. The van der Waals surface area contributed by atoms with Crippen LogP contribution in [0.2, 0.25) is 0 Å². The lowest BCUT2D eigenvalue weighted by molar-refractivity contribution is -0.111. The molecule has 2 amide bonds. The zero-order valence-electron chi connectivity index (χ0n) is 17.4. The number of ether oxygens (including phenoxy) is 1. The Morgan fingerprint density at radius 2 is 2.16 bits per heavy atom. The van der Waals surface area contributed by atoms with Gasteiger partial charge in [-0.05, 0) is 43.4 Å². The monoisotopic (exact) mass is 439 g/mol. The Bertz CT molecular complexity index is 1010. The molecule has 1 unspecified atom stereocenters. The van der Waals surface area contributed by atoms with Crippen LogP contribution in [0.15, 0.2) is 29.1 Å². The number of thiophene rings is 1. The molecule has 1 N–H and O–H groups in total. The number of amides is 2. The van der Waals surface area contributed by atoms with Crippen LogP contribution < -0.4 is 5.32 Å². The van der Waals surface area contributed by atoms with Crippen LogP contribution in [0.1, 0.15) is 53.7 Å². The number of hydrogen-bond acceptors (Lipinski definition) is 6. The Morgan fingerprint density at radius 3 is 2.87 bits per heavy atom. The highest BCUT2D eigenvalue weighted by molar-refractivity contribution is 7.16. The topological polar surface area (TPSA) is 95.6 Å². The van der Waals surface area contributed by atoms with E-state index in [2.05, 4.69) is 11.4 Å². The van der Waals surface area contributed by atoms with Crippen molar-refractivity contribution in [3.8, 4) is 6.07 Å². The predicted molar refractivity (Wildman–Crippen MR) is 118 cm³/mol.